The molecule has 0 radical (unpaired) electrons. The van der Waals surface area contributed by atoms with Crippen molar-refractivity contribution in [3.63, 3.8) is 0 Å². The van der Waals surface area contributed by atoms with Crippen molar-refractivity contribution in [2.24, 2.45) is 0 Å². The van der Waals surface area contributed by atoms with Crippen LogP contribution < -0.4 is 20.1 Å². The lowest BCUT2D eigenvalue weighted by molar-refractivity contribution is -0.114. The van der Waals surface area contributed by atoms with Crippen LogP contribution in [0.15, 0.2) is 91.0 Å². The van der Waals surface area contributed by atoms with Crippen molar-refractivity contribution < 1.29 is 14.3 Å². The third-order valence-corrected chi connectivity index (χ3v) is 4.19. The van der Waals surface area contributed by atoms with E-state index in [0.29, 0.717) is 24.7 Å². The van der Waals surface area contributed by atoms with Gasteiger partial charge in [-0.05, 0) is 54.5 Å². The molecule has 0 saturated heterocycles. The van der Waals surface area contributed by atoms with E-state index in [-0.39, 0.29) is 12.5 Å². The van der Waals surface area contributed by atoms with Crippen molar-refractivity contribution in [1.82, 2.24) is 0 Å². The molecule has 5 nitrogen and oxygen atoms in total. The van der Waals surface area contributed by atoms with E-state index in [4.69, 9.17) is 9.47 Å². The van der Waals surface area contributed by atoms with E-state index >= 15 is 0 Å². The number of carbonyl (C=O) groups excluding carboxylic acids is 1. The summed E-state index contributed by atoms with van der Waals surface area (Å²) in [6.45, 7) is 6.80. The number of amides is 1. The van der Waals surface area contributed by atoms with Crippen molar-refractivity contribution in [2.75, 3.05) is 23.8 Å². The molecule has 0 aliphatic carbocycles. The van der Waals surface area contributed by atoms with Crippen molar-refractivity contribution >= 4 is 17.3 Å². The van der Waals surface area contributed by atoms with Crippen LogP contribution in [0.1, 0.15) is 12.5 Å². The number of hydrogen-bond donors (Lipinski definition) is 2. The molecule has 0 bridgehead atoms. The zero-order valence-corrected chi connectivity index (χ0v) is 17.1. The molecule has 3 aromatic rings. The Bertz CT molecular complexity index is 969. The summed E-state index contributed by atoms with van der Waals surface area (Å²) in [4.78, 5) is 12.3. The molecular weight excluding hydrogens is 376 g/mol. The highest BCUT2D eigenvalue weighted by molar-refractivity contribution is 5.94. The van der Waals surface area contributed by atoms with Gasteiger partial charge in [-0.1, -0.05) is 49.0 Å². The van der Waals surface area contributed by atoms with Crippen LogP contribution in [0.2, 0.25) is 0 Å². The molecule has 0 fully saturated rings. The average molecular weight is 402 g/mol. The summed E-state index contributed by atoms with van der Waals surface area (Å²) in [6, 6.07) is 24.8. The Morgan fingerprint density at radius 3 is 2.33 bits per heavy atom. The minimum atomic E-state index is -0.150. The number of benzene rings is 3. The molecule has 3 aromatic carbocycles. The molecule has 0 aliphatic rings. The van der Waals surface area contributed by atoms with Crippen LogP contribution in [-0.4, -0.2) is 19.1 Å². The molecule has 1 amide bonds. The molecular formula is C25H26N2O3. The van der Waals surface area contributed by atoms with Gasteiger partial charge in [-0.2, -0.15) is 0 Å². The SMILES string of the molecule is C=C(C)COc1ccccc1NCC(=O)Nc1ccc(OCc2ccccc2)cc1. The predicted molar refractivity (Wildman–Crippen MR) is 121 cm³/mol. The van der Waals surface area contributed by atoms with Gasteiger partial charge in [0.15, 0.2) is 0 Å². The Labute approximate surface area is 177 Å². The molecule has 0 heterocycles. The first-order valence-electron chi connectivity index (χ1n) is 9.77. The van der Waals surface area contributed by atoms with E-state index in [1.54, 1.807) is 0 Å². The molecule has 2 N–H and O–H groups in total. The molecule has 0 unspecified atom stereocenters. The fourth-order valence-corrected chi connectivity index (χ4v) is 2.70. The quantitative estimate of drug-likeness (QED) is 0.454. The maximum absolute atomic E-state index is 12.3. The number of nitrogens with one attached hydrogen (secondary N) is 2. The fraction of sp³-hybridized carbons (Fsp3) is 0.160. The van der Waals surface area contributed by atoms with E-state index in [1.807, 2.05) is 85.8 Å². The van der Waals surface area contributed by atoms with Gasteiger partial charge in [-0.3, -0.25) is 4.79 Å². The lowest BCUT2D eigenvalue weighted by atomic mass is 10.2. The molecule has 5 heteroatoms. The minimum Gasteiger partial charge on any atom is -0.489 e. The molecule has 0 atom stereocenters. The van der Waals surface area contributed by atoms with Crippen LogP contribution >= 0.6 is 0 Å². The molecule has 0 aromatic heterocycles. The van der Waals surface area contributed by atoms with Crippen LogP contribution in [0.25, 0.3) is 0 Å². The van der Waals surface area contributed by atoms with Gasteiger partial charge in [0.2, 0.25) is 5.91 Å². The van der Waals surface area contributed by atoms with Crippen LogP contribution in [0.4, 0.5) is 11.4 Å². The summed E-state index contributed by atoms with van der Waals surface area (Å²) in [5, 5.41) is 5.99. The van der Waals surface area contributed by atoms with Crippen LogP contribution in [0.3, 0.4) is 0 Å². The number of anilines is 2. The van der Waals surface area contributed by atoms with Gasteiger partial charge in [0.1, 0.15) is 24.7 Å². The maximum atomic E-state index is 12.3. The van der Waals surface area contributed by atoms with E-state index in [1.165, 1.54) is 0 Å². The summed E-state index contributed by atoms with van der Waals surface area (Å²) >= 11 is 0. The highest BCUT2D eigenvalue weighted by atomic mass is 16.5. The largest absolute Gasteiger partial charge is 0.489 e. The van der Waals surface area contributed by atoms with Gasteiger partial charge in [-0.25, -0.2) is 0 Å². The lowest BCUT2D eigenvalue weighted by Crippen LogP contribution is -2.22. The number of rotatable bonds is 10. The molecule has 3 rings (SSSR count). The second kappa shape index (κ2) is 10.7. The summed E-state index contributed by atoms with van der Waals surface area (Å²) in [6.07, 6.45) is 0. The Kier molecular flexibility index (Phi) is 7.50. The van der Waals surface area contributed by atoms with Crippen LogP contribution in [0.5, 0.6) is 11.5 Å². The minimum absolute atomic E-state index is 0.125. The van der Waals surface area contributed by atoms with Crippen molar-refractivity contribution in [2.45, 2.75) is 13.5 Å². The van der Waals surface area contributed by atoms with E-state index in [2.05, 4.69) is 17.2 Å². The average Bonchev–Trinajstić information content (AvgIpc) is 2.77. The first-order valence-corrected chi connectivity index (χ1v) is 9.77. The molecule has 0 spiro atoms. The second-order valence-electron chi connectivity index (χ2n) is 6.94. The Morgan fingerprint density at radius 2 is 1.60 bits per heavy atom. The van der Waals surface area contributed by atoms with E-state index in [0.717, 1.165) is 22.6 Å². The fourth-order valence-electron chi connectivity index (χ4n) is 2.70. The third kappa shape index (κ3) is 6.71. The predicted octanol–water partition coefficient (Wildman–Crippen LogP) is 5.27. The van der Waals surface area contributed by atoms with E-state index < -0.39 is 0 Å². The van der Waals surface area contributed by atoms with Gasteiger partial charge in [0.05, 0.1) is 12.2 Å². The molecule has 30 heavy (non-hydrogen) atoms. The van der Waals surface area contributed by atoms with Gasteiger partial charge < -0.3 is 20.1 Å². The lowest BCUT2D eigenvalue weighted by Gasteiger charge is -2.13. The first kappa shape index (κ1) is 21.0. The summed E-state index contributed by atoms with van der Waals surface area (Å²) < 4.78 is 11.5. The Morgan fingerprint density at radius 1 is 0.900 bits per heavy atom. The topological polar surface area (TPSA) is 59.6 Å². The van der Waals surface area contributed by atoms with Gasteiger partial charge in [-0.15, -0.1) is 0 Å². The van der Waals surface area contributed by atoms with Gasteiger partial charge >= 0.3 is 0 Å². The van der Waals surface area contributed by atoms with Crippen LogP contribution in [-0.2, 0) is 11.4 Å². The van der Waals surface area contributed by atoms with Crippen molar-refractivity contribution in [3.05, 3.63) is 96.6 Å². The zero-order chi connectivity index (χ0) is 21.2. The molecule has 0 saturated carbocycles. The summed E-state index contributed by atoms with van der Waals surface area (Å²) in [5.74, 6) is 1.29. The molecule has 0 aliphatic heterocycles. The van der Waals surface area contributed by atoms with Gasteiger partial charge in [0.25, 0.3) is 0 Å². The standard InChI is InChI=1S/C25H26N2O3/c1-19(2)17-30-24-11-7-6-10-23(24)26-16-25(28)27-21-12-14-22(15-13-21)29-18-20-8-4-3-5-9-20/h3-15,26H,1,16-18H2,2H3,(H,27,28). The monoisotopic (exact) mass is 402 g/mol. The summed E-state index contributed by atoms with van der Waals surface area (Å²) in [5.41, 5.74) is 3.51. The maximum Gasteiger partial charge on any atom is 0.243 e. The number of para-hydroxylation sites is 2. The number of hydrogen-bond acceptors (Lipinski definition) is 4. The van der Waals surface area contributed by atoms with Crippen molar-refractivity contribution in [1.29, 1.82) is 0 Å². The Hall–Kier alpha value is -3.73. The normalized spacial score (nSPS) is 10.2. The molecule has 154 valence electrons. The number of carbonyl (C=O) groups is 1. The van der Waals surface area contributed by atoms with Crippen molar-refractivity contribution in [3.8, 4) is 11.5 Å². The second-order valence-corrected chi connectivity index (χ2v) is 6.94. The number of ether oxygens (including phenoxy) is 2. The Balaban J connectivity index is 1.48. The van der Waals surface area contributed by atoms with E-state index in [9.17, 15) is 4.79 Å². The highest BCUT2D eigenvalue weighted by Crippen LogP contribution is 2.24. The summed E-state index contributed by atoms with van der Waals surface area (Å²) in [7, 11) is 0. The zero-order valence-electron chi connectivity index (χ0n) is 17.1. The third-order valence-electron chi connectivity index (χ3n) is 4.19. The smallest absolute Gasteiger partial charge is 0.243 e. The highest BCUT2D eigenvalue weighted by Gasteiger charge is 2.07. The van der Waals surface area contributed by atoms with Crippen LogP contribution in [0, 0.1) is 0 Å². The first-order chi connectivity index (χ1) is 14.6. The van der Waals surface area contributed by atoms with Gasteiger partial charge in [0, 0.05) is 5.69 Å².